The molecule has 1 aromatic carbocycles. The normalized spacial score (nSPS) is 20.8. The molecule has 2 aliphatic heterocycles. The number of benzene rings is 1. The number of likely N-dealkylation sites (tertiary alicyclic amines) is 1. The number of nitrogens with one attached hydrogen (secondary N) is 1. The molecule has 6 heteroatoms. The highest BCUT2D eigenvalue weighted by Crippen LogP contribution is 2.31. The topological polar surface area (TPSA) is 60.0 Å². The predicted molar refractivity (Wildman–Crippen MR) is 90.1 cm³/mol. The molecule has 0 unspecified atom stereocenters. The number of aryl methyl sites for hydroxylation is 1. The molecule has 2 fully saturated rings. The van der Waals surface area contributed by atoms with Crippen LogP contribution in [0.4, 0.5) is 4.79 Å². The Hall–Kier alpha value is -1.79. The van der Waals surface area contributed by atoms with Gasteiger partial charge in [0, 0.05) is 25.9 Å². The van der Waals surface area contributed by atoms with Gasteiger partial charge in [-0.25, -0.2) is 4.79 Å². The third-order valence-corrected chi connectivity index (χ3v) is 4.52. The number of hydrogen-bond acceptors (Lipinski definition) is 4. The fourth-order valence-corrected chi connectivity index (χ4v) is 3.04. The second kappa shape index (κ2) is 7.40. The summed E-state index contributed by atoms with van der Waals surface area (Å²) in [5.74, 6) is 0.369. The van der Waals surface area contributed by atoms with Crippen molar-refractivity contribution in [2.75, 3.05) is 32.9 Å². The van der Waals surface area contributed by atoms with E-state index < -0.39 is 5.79 Å². The first kappa shape index (κ1) is 17.0. The maximum Gasteiger partial charge on any atom is 0.317 e. The van der Waals surface area contributed by atoms with Gasteiger partial charge in [0.25, 0.3) is 0 Å². The molecule has 1 aromatic rings. The van der Waals surface area contributed by atoms with E-state index in [-0.39, 0.29) is 12.1 Å². The van der Waals surface area contributed by atoms with Gasteiger partial charge in [0.05, 0.1) is 19.3 Å². The highest BCUT2D eigenvalue weighted by Gasteiger charge is 2.40. The molecule has 1 N–H and O–H groups in total. The van der Waals surface area contributed by atoms with E-state index in [4.69, 9.17) is 14.2 Å². The van der Waals surface area contributed by atoms with Crippen LogP contribution in [0.5, 0.6) is 5.75 Å². The molecule has 2 aliphatic rings. The van der Waals surface area contributed by atoms with Crippen LogP contribution in [0.3, 0.4) is 0 Å². The van der Waals surface area contributed by atoms with Gasteiger partial charge >= 0.3 is 6.03 Å². The van der Waals surface area contributed by atoms with Gasteiger partial charge in [0.2, 0.25) is 0 Å². The van der Waals surface area contributed by atoms with Gasteiger partial charge in [-0.05, 0) is 26.0 Å². The van der Waals surface area contributed by atoms with Crippen molar-refractivity contribution in [2.24, 2.45) is 0 Å². The second-order valence-corrected chi connectivity index (χ2v) is 6.57. The number of rotatable bonds is 4. The molecule has 3 rings (SSSR count). The average Bonchev–Trinajstić information content (AvgIpc) is 3.03. The summed E-state index contributed by atoms with van der Waals surface area (Å²) in [6.45, 7) is 7.03. The number of nitrogens with zero attached hydrogens (tertiary/aromatic N) is 1. The zero-order chi connectivity index (χ0) is 17.0. The van der Waals surface area contributed by atoms with Crippen molar-refractivity contribution >= 4 is 6.03 Å². The molecule has 0 saturated carbocycles. The molecule has 0 aliphatic carbocycles. The largest absolute Gasteiger partial charge is 0.491 e. The van der Waals surface area contributed by atoms with E-state index in [9.17, 15) is 4.79 Å². The van der Waals surface area contributed by atoms with Crippen LogP contribution in [0.1, 0.15) is 25.3 Å². The summed E-state index contributed by atoms with van der Waals surface area (Å²) in [5.41, 5.74) is 1.20. The molecule has 0 bridgehead atoms. The molecule has 2 heterocycles. The van der Waals surface area contributed by atoms with Crippen molar-refractivity contribution < 1.29 is 19.0 Å². The van der Waals surface area contributed by atoms with E-state index in [0.717, 1.165) is 18.6 Å². The van der Waals surface area contributed by atoms with Gasteiger partial charge in [0.1, 0.15) is 12.4 Å². The molecule has 2 amide bonds. The Morgan fingerprint density at radius 1 is 1.25 bits per heavy atom. The standard InChI is InChI=1S/C18H26N2O4/c1-14-3-5-16(6-4-14)22-13-15(2)19-17(21)20-9-7-18(8-10-20)23-11-12-24-18/h3-6,15H,7-13H2,1-2H3,(H,19,21)/t15-/m1/s1. The van der Waals surface area contributed by atoms with Crippen molar-refractivity contribution in [3.8, 4) is 5.75 Å². The quantitative estimate of drug-likeness (QED) is 0.918. The number of carbonyl (C=O) groups excluding carboxylic acids is 1. The highest BCUT2D eigenvalue weighted by molar-refractivity contribution is 5.74. The summed E-state index contributed by atoms with van der Waals surface area (Å²) >= 11 is 0. The molecule has 6 nitrogen and oxygen atoms in total. The van der Waals surface area contributed by atoms with Crippen LogP contribution in [-0.4, -0.2) is 55.7 Å². The smallest absolute Gasteiger partial charge is 0.317 e. The summed E-state index contributed by atoms with van der Waals surface area (Å²) in [4.78, 5) is 14.2. The van der Waals surface area contributed by atoms with E-state index in [1.807, 2.05) is 43.0 Å². The van der Waals surface area contributed by atoms with Gasteiger partial charge in [-0.15, -0.1) is 0 Å². The van der Waals surface area contributed by atoms with Gasteiger partial charge in [-0.2, -0.15) is 0 Å². The fraction of sp³-hybridized carbons (Fsp3) is 0.611. The minimum atomic E-state index is -0.447. The maximum absolute atomic E-state index is 12.3. The number of piperidine rings is 1. The molecule has 0 aromatic heterocycles. The maximum atomic E-state index is 12.3. The third-order valence-electron chi connectivity index (χ3n) is 4.52. The third kappa shape index (κ3) is 4.19. The van der Waals surface area contributed by atoms with Crippen LogP contribution in [0.15, 0.2) is 24.3 Å². The van der Waals surface area contributed by atoms with Crippen molar-refractivity contribution in [3.63, 3.8) is 0 Å². The fourth-order valence-electron chi connectivity index (χ4n) is 3.04. The number of urea groups is 1. The number of amides is 2. The van der Waals surface area contributed by atoms with Crippen molar-refractivity contribution in [1.29, 1.82) is 0 Å². The Kier molecular flexibility index (Phi) is 5.26. The van der Waals surface area contributed by atoms with Crippen LogP contribution in [-0.2, 0) is 9.47 Å². The lowest BCUT2D eigenvalue weighted by Gasteiger charge is -2.37. The van der Waals surface area contributed by atoms with Gasteiger partial charge in [-0.3, -0.25) is 0 Å². The summed E-state index contributed by atoms with van der Waals surface area (Å²) in [6.07, 6.45) is 1.46. The number of ether oxygens (including phenoxy) is 3. The van der Waals surface area contributed by atoms with Gasteiger partial charge < -0.3 is 24.4 Å². The van der Waals surface area contributed by atoms with E-state index in [2.05, 4.69) is 5.32 Å². The summed E-state index contributed by atoms with van der Waals surface area (Å²) in [6, 6.07) is 7.78. The van der Waals surface area contributed by atoms with Crippen LogP contribution in [0, 0.1) is 6.92 Å². The molecular formula is C18H26N2O4. The van der Waals surface area contributed by atoms with Gasteiger partial charge in [-0.1, -0.05) is 17.7 Å². The summed E-state index contributed by atoms with van der Waals surface area (Å²) < 4.78 is 17.1. The monoisotopic (exact) mass is 334 g/mol. The molecular weight excluding hydrogens is 308 g/mol. The SMILES string of the molecule is Cc1ccc(OC[C@@H](C)NC(=O)N2CCC3(CC2)OCCO3)cc1. The number of carbonyl (C=O) groups is 1. The second-order valence-electron chi connectivity index (χ2n) is 6.57. The van der Waals surface area contributed by atoms with Crippen LogP contribution in [0.25, 0.3) is 0 Å². The summed E-state index contributed by atoms with van der Waals surface area (Å²) in [7, 11) is 0. The Balaban J connectivity index is 1.40. The minimum absolute atomic E-state index is 0.0529. The Morgan fingerprint density at radius 3 is 2.50 bits per heavy atom. The first-order valence-electron chi connectivity index (χ1n) is 8.59. The lowest BCUT2D eigenvalue weighted by Crippen LogP contribution is -2.52. The van der Waals surface area contributed by atoms with Crippen LogP contribution in [0.2, 0.25) is 0 Å². The van der Waals surface area contributed by atoms with E-state index in [1.165, 1.54) is 5.56 Å². The highest BCUT2D eigenvalue weighted by atomic mass is 16.7. The molecule has 1 atom stereocenters. The van der Waals surface area contributed by atoms with Crippen LogP contribution >= 0.6 is 0 Å². The molecule has 24 heavy (non-hydrogen) atoms. The minimum Gasteiger partial charge on any atom is -0.491 e. The van der Waals surface area contributed by atoms with Crippen LogP contribution < -0.4 is 10.1 Å². The first-order valence-corrected chi connectivity index (χ1v) is 8.59. The summed E-state index contributed by atoms with van der Waals surface area (Å²) in [5, 5.41) is 2.99. The average molecular weight is 334 g/mol. The molecule has 0 radical (unpaired) electrons. The zero-order valence-electron chi connectivity index (χ0n) is 14.4. The number of hydrogen-bond donors (Lipinski definition) is 1. The zero-order valence-corrected chi connectivity index (χ0v) is 14.4. The van der Waals surface area contributed by atoms with E-state index >= 15 is 0 Å². The molecule has 2 saturated heterocycles. The Labute approximate surface area is 143 Å². The van der Waals surface area contributed by atoms with Crippen molar-refractivity contribution in [1.82, 2.24) is 10.2 Å². The van der Waals surface area contributed by atoms with E-state index in [1.54, 1.807) is 0 Å². The van der Waals surface area contributed by atoms with Crippen molar-refractivity contribution in [3.05, 3.63) is 29.8 Å². The molecule has 132 valence electrons. The Bertz CT molecular complexity index is 545. The van der Waals surface area contributed by atoms with E-state index in [0.29, 0.717) is 32.9 Å². The lowest BCUT2D eigenvalue weighted by molar-refractivity contribution is -0.181. The molecule has 1 spiro atoms. The Morgan fingerprint density at radius 2 is 1.88 bits per heavy atom. The lowest BCUT2D eigenvalue weighted by atomic mass is 10.0. The predicted octanol–water partition coefficient (Wildman–Crippen LogP) is 2.31. The van der Waals surface area contributed by atoms with Crippen molar-refractivity contribution in [2.45, 2.75) is 38.5 Å². The first-order chi connectivity index (χ1) is 11.6. The van der Waals surface area contributed by atoms with Gasteiger partial charge in [0.15, 0.2) is 5.79 Å².